The van der Waals surface area contributed by atoms with Crippen LogP contribution in [0.25, 0.3) is 44.5 Å². The summed E-state index contributed by atoms with van der Waals surface area (Å²) in [5.41, 5.74) is 25.9. The van der Waals surface area contributed by atoms with E-state index in [4.69, 9.17) is 0 Å². The summed E-state index contributed by atoms with van der Waals surface area (Å²) in [6.45, 7) is 12.2. The van der Waals surface area contributed by atoms with Crippen molar-refractivity contribution in [2.24, 2.45) is 0 Å². The van der Waals surface area contributed by atoms with Gasteiger partial charge in [-0.05, 0) is 152 Å². The minimum Gasteiger partial charge on any atom is -0.334 e. The van der Waals surface area contributed by atoms with Crippen LogP contribution in [0, 0.1) is 0 Å². The zero-order chi connectivity index (χ0) is 52.0. The quantitative estimate of drug-likeness (QED) is 0.147. The van der Waals surface area contributed by atoms with Crippen molar-refractivity contribution in [1.82, 2.24) is 0 Å². The third-order valence-electron chi connectivity index (χ3n) is 18.2. The lowest BCUT2D eigenvalue weighted by atomic mass is 9.33. The van der Waals surface area contributed by atoms with Gasteiger partial charge in [-0.15, -0.1) is 0 Å². The Morgan fingerprint density at radius 1 is 0.364 bits per heavy atom. The smallest absolute Gasteiger partial charge is 0.252 e. The Hall–Kier alpha value is -8.34. The van der Waals surface area contributed by atoms with Crippen LogP contribution in [0.3, 0.4) is 0 Å². The fourth-order valence-corrected chi connectivity index (χ4v) is 14.0. The molecule has 2 unspecified atom stereocenters. The molecule has 2 atom stereocenters. The third-order valence-corrected chi connectivity index (χ3v) is 18.2. The fourth-order valence-electron chi connectivity index (χ4n) is 14.0. The first-order chi connectivity index (χ1) is 37.6. The van der Waals surface area contributed by atoms with Gasteiger partial charge in [0, 0.05) is 50.9 Å². The second kappa shape index (κ2) is 18.2. The molecule has 1 aliphatic carbocycles. The van der Waals surface area contributed by atoms with Gasteiger partial charge in [-0.3, -0.25) is 0 Å². The van der Waals surface area contributed by atoms with Crippen molar-refractivity contribution in [3.8, 4) is 44.5 Å². The van der Waals surface area contributed by atoms with Gasteiger partial charge in [0.2, 0.25) is 0 Å². The minimum atomic E-state index is -0.196. The van der Waals surface area contributed by atoms with E-state index in [0.29, 0.717) is 0 Å². The normalized spacial score (nSPS) is 18.2. The van der Waals surface area contributed by atoms with E-state index in [-0.39, 0.29) is 23.1 Å². The summed E-state index contributed by atoms with van der Waals surface area (Å²) < 4.78 is 0. The molecule has 3 heterocycles. The highest BCUT2D eigenvalue weighted by Gasteiger charge is 2.57. The van der Waals surface area contributed by atoms with E-state index in [2.05, 4.69) is 286 Å². The Bertz CT molecular complexity index is 3680. The van der Waals surface area contributed by atoms with E-state index in [1.165, 1.54) is 125 Å². The number of nitrogens with zero attached hydrogens (tertiary/aromatic N) is 3. The van der Waals surface area contributed by atoms with E-state index in [1.54, 1.807) is 0 Å². The van der Waals surface area contributed by atoms with Crippen LogP contribution in [0.1, 0.15) is 77.8 Å². The molecule has 3 nitrogen and oxygen atoms in total. The molecule has 14 rings (SSSR count). The first-order valence-electron chi connectivity index (χ1n) is 28.0. The van der Waals surface area contributed by atoms with Crippen molar-refractivity contribution in [3.63, 3.8) is 0 Å². The molecule has 1 saturated carbocycles. The Morgan fingerprint density at radius 3 is 1.27 bits per heavy atom. The maximum atomic E-state index is 2.83. The summed E-state index contributed by atoms with van der Waals surface area (Å²) in [5.74, 6) is 0. The monoisotopic (exact) mass is 994 g/mol. The molecule has 0 saturated heterocycles. The summed E-state index contributed by atoms with van der Waals surface area (Å²) in [4.78, 5) is 8.08. The first kappa shape index (κ1) is 47.1. The van der Waals surface area contributed by atoms with Gasteiger partial charge in [0.25, 0.3) is 6.71 Å². The fraction of sp³-hybridized carbons (Fsp3) is 0.178. The highest BCUT2D eigenvalue weighted by Crippen LogP contribution is 2.61. The Morgan fingerprint density at radius 2 is 0.805 bits per heavy atom. The highest BCUT2D eigenvalue weighted by molar-refractivity contribution is 7.00. The second-order valence-electron chi connectivity index (χ2n) is 23.6. The van der Waals surface area contributed by atoms with E-state index in [9.17, 15) is 0 Å². The summed E-state index contributed by atoms with van der Waals surface area (Å²) in [6.07, 6.45) is 5.94. The predicted octanol–water partition coefficient (Wildman–Crippen LogP) is 17.9. The van der Waals surface area contributed by atoms with Gasteiger partial charge in [0.05, 0.1) is 5.54 Å². The molecule has 0 amide bonds. The molecule has 0 spiro atoms. The van der Waals surface area contributed by atoms with Crippen molar-refractivity contribution < 1.29 is 0 Å². The molecule has 77 heavy (non-hydrogen) atoms. The summed E-state index contributed by atoms with van der Waals surface area (Å²) >= 11 is 0. The van der Waals surface area contributed by atoms with Gasteiger partial charge >= 0.3 is 0 Å². The van der Waals surface area contributed by atoms with E-state index in [0.717, 1.165) is 24.2 Å². The van der Waals surface area contributed by atoms with Gasteiger partial charge in [-0.25, -0.2) is 0 Å². The number of fused-ring (bicyclic) bond motifs is 7. The molecule has 0 aromatic heterocycles. The molecule has 374 valence electrons. The highest BCUT2D eigenvalue weighted by atomic mass is 15.3. The molecule has 1 fully saturated rings. The van der Waals surface area contributed by atoms with Crippen LogP contribution in [0.2, 0.25) is 0 Å². The number of anilines is 8. The van der Waals surface area contributed by atoms with Crippen molar-refractivity contribution in [3.05, 3.63) is 248 Å². The third kappa shape index (κ3) is 7.62. The standard InChI is InChI=1S/C73H64BN3/c1-71(2,3)58-37-40-65-62(47-58)72(4)41-19-10-20-42-73(72,5)77(65)61-48-68-70-69(49-61)76(60-34-22-32-55(44-60)51-25-13-7-14-26-51)67-46-57(53-29-17-9-18-30-53)36-39-64(67)74(70)63-38-35-56(52-27-15-8-16-28-52)45-66(63)75(68)59-33-21-31-54(43-59)50-23-11-6-12-24-50/h6-9,11-18,21-40,43-49H,10,19-20,41-42H2,1-5H3. The molecule has 4 heteroatoms. The van der Waals surface area contributed by atoms with Gasteiger partial charge in [-0.1, -0.05) is 229 Å². The Labute approximate surface area is 456 Å². The predicted molar refractivity (Wildman–Crippen MR) is 328 cm³/mol. The average Bonchev–Trinajstić information content (AvgIpc) is 3.83. The number of hydrogen-bond acceptors (Lipinski definition) is 3. The molecule has 0 radical (unpaired) electrons. The molecule has 3 aliphatic heterocycles. The van der Waals surface area contributed by atoms with Crippen LogP contribution < -0.4 is 31.1 Å². The topological polar surface area (TPSA) is 9.72 Å². The summed E-state index contributed by atoms with van der Waals surface area (Å²) in [6, 6.07) is 89.4. The van der Waals surface area contributed by atoms with Crippen molar-refractivity contribution in [2.75, 3.05) is 14.7 Å². The molecule has 10 aromatic rings. The van der Waals surface area contributed by atoms with Crippen LogP contribution >= 0.6 is 0 Å². The molecule has 0 N–H and O–H groups in total. The maximum absolute atomic E-state index is 2.83. The number of hydrogen-bond donors (Lipinski definition) is 0. The largest absolute Gasteiger partial charge is 0.334 e. The van der Waals surface area contributed by atoms with Crippen molar-refractivity contribution in [1.29, 1.82) is 0 Å². The lowest BCUT2D eigenvalue weighted by molar-refractivity contribution is 0.261. The van der Waals surface area contributed by atoms with Crippen molar-refractivity contribution >= 4 is 68.6 Å². The van der Waals surface area contributed by atoms with E-state index in [1.807, 2.05) is 0 Å². The van der Waals surface area contributed by atoms with Crippen LogP contribution in [-0.2, 0) is 10.8 Å². The molecule has 0 bridgehead atoms. The van der Waals surface area contributed by atoms with Crippen LogP contribution in [0.15, 0.2) is 237 Å². The lowest BCUT2D eigenvalue weighted by Gasteiger charge is -2.48. The first-order valence-corrected chi connectivity index (χ1v) is 28.0. The zero-order valence-electron chi connectivity index (χ0n) is 45.0. The van der Waals surface area contributed by atoms with Crippen LogP contribution in [-0.4, -0.2) is 12.3 Å². The van der Waals surface area contributed by atoms with Gasteiger partial charge < -0.3 is 14.7 Å². The zero-order valence-corrected chi connectivity index (χ0v) is 45.0. The van der Waals surface area contributed by atoms with Crippen molar-refractivity contribution in [2.45, 2.75) is 83.1 Å². The van der Waals surface area contributed by atoms with Gasteiger partial charge in [0.15, 0.2) is 0 Å². The maximum Gasteiger partial charge on any atom is 0.252 e. The Balaban J connectivity index is 1.11. The second-order valence-corrected chi connectivity index (χ2v) is 23.6. The number of rotatable bonds is 7. The van der Waals surface area contributed by atoms with E-state index < -0.39 is 0 Å². The summed E-state index contributed by atoms with van der Waals surface area (Å²) in [5, 5.41) is 0. The van der Waals surface area contributed by atoms with Crippen LogP contribution in [0.5, 0.6) is 0 Å². The van der Waals surface area contributed by atoms with E-state index >= 15 is 0 Å². The average molecular weight is 994 g/mol. The SMILES string of the molecule is CC(C)(C)c1ccc2c(c1)C1(C)CCCCCC1(C)N2c1cc2c3c(c1)N(c1cccc(-c4ccccc4)c1)c1cc(-c4ccccc4)ccc1B3c1ccc(-c3ccccc3)cc1N2c1cccc(-c2ccccc2)c1. The van der Waals surface area contributed by atoms with Gasteiger partial charge in [0.1, 0.15) is 0 Å². The lowest BCUT2D eigenvalue weighted by Crippen LogP contribution is -2.61. The number of benzene rings is 10. The molecule has 10 aromatic carbocycles. The molecular formula is C73H64BN3. The van der Waals surface area contributed by atoms with Crippen LogP contribution in [0.4, 0.5) is 45.5 Å². The molecular weight excluding hydrogens is 930 g/mol. The minimum absolute atomic E-state index is 0.0203. The molecule has 4 aliphatic rings. The Kier molecular flexibility index (Phi) is 11.1. The van der Waals surface area contributed by atoms with Gasteiger partial charge in [-0.2, -0.15) is 0 Å². The summed E-state index contributed by atoms with van der Waals surface area (Å²) in [7, 11) is 0.